The zero-order valence-corrected chi connectivity index (χ0v) is 9.86. The molecule has 0 fully saturated rings. The van der Waals surface area contributed by atoms with E-state index in [4.69, 9.17) is 5.11 Å². The van der Waals surface area contributed by atoms with Crippen LogP contribution in [0.5, 0.6) is 11.5 Å². The molecule has 0 atom stereocenters. The number of rotatable bonds is 6. The van der Waals surface area contributed by atoms with E-state index in [0.717, 1.165) is 12.0 Å². The molecule has 0 aliphatic heterocycles. The lowest BCUT2D eigenvalue weighted by molar-refractivity contribution is -0.120. The first kappa shape index (κ1) is 13.3. The summed E-state index contributed by atoms with van der Waals surface area (Å²) in [5.41, 5.74) is 0.809. The number of aromatic hydroxyl groups is 2. The minimum Gasteiger partial charge on any atom is -0.504 e. The molecule has 5 nitrogen and oxygen atoms in total. The first-order valence-electron chi connectivity index (χ1n) is 5.61. The van der Waals surface area contributed by atoms with Crippen molar-refractivity contribution in [2.45, 2.75) is 19.9 Å². The Hall–Kier alpha value is -1.75. The van der Waals surface area contributed by atoms with Crippen molar-refractivity contribution in [3.05, 3.63) is 23.8 Å². The van der Waals surface area contributed by atoms with Gasteiger partial charge in [-0.05, 0) is 24.1 Å². The van der Waals surface area contributed by atoms with Crippen LogP contribution in [0.3, 0.4) is 0 Å². The van der Waals surface area contributed by atoms with Crippen molar-refractivity contribution in [2.75, 3.05) is 13.1 Å². The number of phenolic OH excluding ortho intramolecular Hbond substituents is 2. The summed E-state index contributed by atoms with van der Waals surface area (Å²) in [5, 5.41) is 24.1. The number of benzene rings is 1. The molecule has 0 spiro atoms. The van der Waals surface area contributed by atoms with E-state index in [-0.39, 0.29) is 24.0 Å². The Kier molecular flexibility index (Phi) is 5.29. The molecule has 5 heteroatoms. The van der Waals surface area contributed by atoms with Gasteiger partial charge >= 0.3 is 0 Å². The van der Waals surface area contributed by atoms with Crippen LogP contribution in [0.2, 0.25) is 0 Å². The second-order valence-corrected chi connectivity index (χ2v) is 3.78. The highest BCUT2D eigenvalue weighted by molar-refractivity contribution is 5.77. The fourth-order valence-electron chi connectivity index (χ4n) is 1.33. The average Bonchev–Trinajstić information content (AvgIpc) is 2.31. The second-order valence-electron chi connectivity index (χ2n) is 3.78. The maximum absolute atomic E-state index is 11.3. The molecule has 0 bridgehead atoms. The molecule has 0 aliphatic carbocycles. The van der Waals surface area contributed by atoms with E-state index in [0.29, 0.717) is 13.1 Å². The summed E-state index contributed by atoms with van der Waals surface area (Å²) >= 11 is 0. The summed E-state index contributed by atoms with van der Waals surface area (Å²) in [6.45, 7) is 3.38. The third-order valence-electron chi connectivity index (χ3n) is 2.23. The fraction of sp³-hybridized carbons (Fsp3) is 0.417. The predicted octanol–water partition coefficient (Wildman–Crippen LogP) is 0.714. The van der Waals surface area contributed by atoms with Gasteiger partial charge in [0.1, 0.15) is 0 Å². The highest BCUT2D eigenvalue weighted by atomic mass is 16.3. The molecule has 1 aromatic rings. The number of carbonyl (C=O) groups excluding carboxylic acids is 1. The van der Waals surface area contributed by atoms with Gasteiger partial charge in [-0.1, -0.05) is 13.0 Å². The SMILES string of the molecule is CCCNC(=O)CNCc1ccc(O)c(O)c1. The first-order valence-corrected chi connectivity index (χ1v) is 5.61. The summed E-state index contributed by atoms with van der Waals surface area (Å²) in [4.78, 5) is 11.3. The quantitative estimate of drug-likeness (QED) is 0.550. The Bertz CT molecular complexity index is 380. The molecule has 1 rings (SSSR count). The van der Waals surface area contributed by atoms with Gasteiger partial charge in [-0.2, -0.15) is 0 Å². The Morgan fingerprint density at radius 1 is 1.29 bits per heavy atom. The summed E-state index contributed by atoms with van der Waals surface area (Å²) < 4.78 is 0. The maximum atomic E-state index is 11.3. The van der Waals surface area contributed by atoms with Crippen molar-refractivity contribution < 1.29 is 15.0 Å². The molecule has 4 N–H and O–H groups in total. The Morgan fingerprint density at radius 2 is 2.06 bits per heavy atom. The zero-order valence-electron chi connectivity index (χ0n) is 9.86. The number of carbonyl (C=O) groups is 1. The smallest absolute Gasteiger partial charge is 0.233 e. The van der Waals surface area contributed by atoms with E-state index in [2.05, 4.69) is 10.6 Å². The van der Waals surface area contributed by atoms with Gasteiger partial charge < -0.3 is 20.8 Å². The van der Waals surface area contributed by atoms with Crippen molar-refractivity contribution in [1.82, 2.24) is 10.6 Å². The van der Waals surface area contributed by atoms with Crippen molar-refractivity contribution in [3.8, 4) is 11.5 Å². The van der Waals surface area contributed by atoms with Gasteiger partial charge in [-0.3, -0.25) is 4.79 Å². The highest BCUT2D eigenvalue weighted by Crippen LogP contribution is 2.24. The number of nitrogens with one attached hydrogen (secondary N) is 2. The third-order valence-corrected chi connectivity index (χ3v) is 2.23. The lowest BCUT2D eigenvalue weighted by Gasteiger charge is -2.06. The van der Waals surface area contributed by atoms with E-state index in [1.807, 2.05) is 6.92 Å². The fourth-order valence-corrected chi connectivity index (χ4v) is 1.33. The number of hydrogen-bond donors (Lipinski definition) is 4. The third kappa shape index (κ3) is 4.74. The van der Waals surface area contributed by atoms with Gasteiger partial charge in [0.2, 0.25) is 5.91 Å². The standard InChI is InChI=1S/C12H18N2O3/c1-2-5-14-12(17)8-13-7-9-3-4-10(15)11(16)6-9/h3-4,6,13,15-16H,2,5,7-8H2,1H3,(H,14,17). The largest absolute Gasteiger partial charge is 0.504 e. The van der Waals surface area contributed by atoms with Crippen LogP contribution >= 0.6 is 0 Å². The number of hydrogen-bond acceptors (Lipinski definition) is 4. The molecule has 0 unspecified atom stereocenters. The van der Waals surface area contributed by atoms with Gasteiger partial charge in [0.05, 0.1) is 6.54 Å². The predicted molar refractivity (Wildman–Crippen MR) is 64.8 cm³/mol. The first-order chi connectivity index (χ1) is 8.13. The second kappa shape index (κ2) is 6.75. The van der Waals surface area contributed by atoms with Gasteiger partial charge in [0, 0.05) is 13.1 Å². The van der Waals surface area contributed by atoms with E-state index in [9.17, 15) is 9.90 Å². The molecule has 1 aromatic carbocycles. The molecule has 0 saturated heterocycles. The van der Waals surface area contributed by atoms with Crippen molar-refractivity contribution >= 4 is 5.91 Å². The lowest BCUT2D eigenvalue weighted by Crippen LogP contribution is -2.33. The maximum Gasteiger partial charge on any atom is 0.233 e. The zero-order chi connectivity index (χ0) is 12.7. The van der Waals surface area contributed by atoms with Gasteiger partial charge in [-0.25, -0.2) is 0 Å². The topological polar surface area (TPSA) is 81.6 Å². The molecule has 0 aromatic heterocycles. The van der Waals surface area contributed by atoms with Gasteiger partial charge in [0.25, 0.3) is 0 Å². The molecule has 17 heavy (non-hydrogen) atoms. The molecule has 0 radical (unpaired) electrons. The van der Waals surface area contributed by atoms with E-state index in [1.165, 1.54) is 12.1 Å². The number of amides is 1. The molecular weight excluding hydrogens is 220 g/mol. The van der Waals surface area contributed by atoms with E-state index in [1.54, 1.807) is 6.07 Å². The molecule has 94 valence electrons. The van der Waals surface area contributed by atoms with Crippen molar-refractivity contribution in [1.29, 1.82) is 0 Å². The van der Waals surface area contributed by atoms with Crippen LogP contribution in [0.25, 0.3) is 0 Å². The van der Waals surface area contributed by atoms with Crippen LogP contribution in [0.1, 0.15) is 18.9 Å². The van der Waals surface area contributed by atoms with Crippen molar-refractivity contribution in [3.63, 3.8) is 0 Å². The van der Waals surface area contributed by atoms with Crippen LogP contribution in [-0.2, 0) is 11.3 Å². The average molecular weight is 238 g/mol. The highest BCUT2D eigenvalue weighted by Gasteiger charge is 2.02. The van der Waals surface area contributed by atoms with Gasteiger partial charge in [-0.15, -0.1) is 0 Å². The van der Waals surface area contributed by atoms with Crippen LogP contribution in [-0.4, -0.2) is 29.2 Å². The number of phenols is 2. The van der Waals surface area contributed by atoms with Crippen molar-refractivity contribution in [2.24, 2.45) is 0 Å². The molecule has 0 heterocycles. The molecule has 0 saturated carbocycles. The summed E-state index contributed by atoms with van der Waals surface area (Å²) in [6, 6.07) is 4.57. The van der Waals surface area contributed by atoms with Crippen LogP contribution in [0.4, 0.5) is 0 Å². The Balaban J connectivity index is 2.30. The van der Waals surface area contributed by atoms with Crippen LogP contribution in [0.15, 0.2) is 18.2 Å². The van der Waals surface area contributed by atoms with Crippen LogP contribution in [0, 0.1) is 0 Å². The Morgan fingerprint density at radius 3 is 2.71 bits per heavy atom. The normalized spacial score (nSPS) is 10.2. The van der Waals surface area contributed by atoms with Crippen LogP contribution < -0.4 is 10.6 Å². The minimum atomic E-state index is -0.153. The summed E-state index contributed by atoms with van der Waals surface area (Å²) in [6.07, 6.45) is 0.914. The minimum absolute atomic E-state index is 0.0464. The summed E-state index contributed by atoms with van der Waals surface area (Å²) in [5.74, 6) is -0.343. The summed E-state index contributed by atoms with van der Waals surface area (Å²) in [7, 11) is 0. The van der Waals surface area contributed by atoms with Gasteiger partial charge in [0.15, 0.2) is 11.5 Å². The molecular formula is C12H18N2O3. The van der Waals surface area contributed by atoms with E-state index >= 15 is 0 Å². The molecule has 1 amide bonds. The Labute approximate surface area is 100 Å². The van der Waals surface area contributed by atoms with E-state index < -0.39 is 0 Å². The molecule has 0 aliphatic rings. The monoisotopic (exact) mass is 238 g/mol. The lowest BCUT2D eigenvalue weighted by atomic mass is 10.2.